The van der Waals surface area contributed by atoms with Crippen LogP contribution in [0.2, 0.25) is 0 Å². The highest BCUT2D eigenvalue weighted by molar-refractivity contribution is 9.10. The zero-order valence-corrected chi connectivity index (χ0v) is 59.5. The zero-order valence-electron chi connectivity index (χ0n) is 85.8. The maximum absolute atomic E-state index is 14.7. The van der Waals surface area contributed by atoms with Crippen molar-refractivity contribution >= 4 is 77.1 Å². The van der Waals surface area contributed by atoms with Crippen molar-refractivity contribution in [2.75, 3.05) is 0 Å². The summed E-state index contributed by atoms with van der Waals surface area (Å²) in [5, 5.41) is 80.8. The van der Waals surface area contributed by atoms with Crippen LogP contribution >= 0.6 is 48.9 Å². The summed E-state index contributed by atoms with van der Waals surface area (Å²) in [6.45, 7) is -26.2. The van der Waals surface area contributed by atoms with Crippen LogP contribution in [0.15, 0.2) is 158 Å². The van der Waals surface area contributed by atoms with E-state index in [-0.39, 0.29) is 101 Å². The number of nitriles is 1. The number of hydrogen-bond acceptors (Lipinski definition) is 20. The largest absolute Gasteiger partial charge is 0.507 e. The van der Waals surface area contributed by atoms with Crippen LogP contribution in [0, 0.1) is 28.8 Å². The number of aromatic hydroxyl groups is 1. The summed E-state index contributed by atoms with van der Waals surface area (Å²) in [5.41, 5.74) is 1.21. The molecule has 0 aliphatic heterocycles. The van der Waals surface area contributed by atoms with Crippen molar-refractivity contribution in [3.05, 3.63) is 208 Å². The third-order valence-electron chi connectivity index (χ3n) is 12.6. The zero-order chi connectivity index (χ0) is 104. The van der Waals surface area contributed by atoms with Gasteiger partial charge < -0.3 is 35.2 Å². The van der Waals surface area contributed by atoms with E-state index in [9.17, 15) is 33.3 Å². The molecule has 0 saturated heterocycles. The summed E-state index contributed by atoms with van der Waals surface area (Å²) in [4.78, 5) is 31.3. The molecule has 0 atom stereocenters. The average molecular weight is 1640 g/mol. The number of aliphatic hydroxyl groups is 3. The molecule has 0 spiro atoms. The lowest BCUT2D eigenvalue weighted by Crippen LogP contribution is -2.37. The maximum Gasteiger partial charge on any atom is 0.507 e. The van der Waals surface area contributed by atoms with E-state index in [0.717, 1.165) is 41.1 Å². The smallest absolute Gasteiger partial charge is 0.507 e. The van der Waals surface area contributed by atoms with E-state index in [1.165, 1.54) is 86.4 Å². The van der Waals surface area contributed by atoms with Crippen LogP contribution < -0.4 is 10.3 Å². The van der Waals surface area contributed by atoms with Crippen molar-refractivity contribution in [1.82, 2.24) is 73.8 Å². The van der Waals surface area contributed by atoms with Gasteiger partial charge in [0, 0.05) is 173 Å². The highest BCUT2D eigenvalue weighted by Crippen LogP contribution is 2.32. The summed E-state index contributed by atoms with van der Waals surface area (Å²) in [6.07, 6.45) is 12.2. The summed E-state index contributed by atoms with van der Waals surface area (Å²) in [6, 6.07) is 14.8. The first-order chi connectivity index (χ1) is 62.7. The van der Waals surface area contributed by atoms with Gasteiger partial charge >= 0.3 is 7.12 Å². The molecule has 6 N–H and O–H groups in total. The molecule has 0 amide bonds. The summed E-state index contributed by atoms with van der Waals surface area (Å²) < 4.78 is 292. The third kappa shape index (κ3) is 27.7. The quantitative estimate of drug-likeness (QED) is 0.0153. The second-order valence-corrected chi connectivity index (χ2v) is 22.8. The number of halogens is 7. The minimum Gasteiger partial charge on any atom is -0.507 e. The highest BCUT2D eigenvalue weighted by Gasteiger charge is 2.23. The molecular formula is C72H90BBrCl3F3N16O9S. The Hall–Kier alpha value is -9.07. The van der Waals surface area contributed by atoms with Gasteiger partial charge in [0.25, 0.3) is 0 Å². The number of benzene rings is 1. The fourth-order valence-corrected chi connectivity index (χ4v) is 8.89. The summed E-state index contributed by atoms with van der Waals surface area (Å²) in [7, 11) is 5.38. The molecule has 1 aromatic carbocycles. The van der Waals surface area contributed by atoms with Gasteiger partial charge in [-0.3, -0.25) is 48.1 Å². The molecule has 10 heterocycles. The van der Waals surface area contributed by atoms with Crippen molar-refractivity contribution in [2.45, 2.75) is 159 Å². The van der Waals surface area contributed by atoms with Crippen LogP contribution in [0.3, 0.4) is 0 Å². The number of rotatable bonds is 18. The van der Waals surface area contributed by atoms with Gasteiger partial charge in [0.15, 0.2) is 23.7 Å². The number of alkyl halides is 1. The van der Waals surface area contributed by atoms with Gasteiger partial charge in [0.05, 0.1) is 84.1 Å². The van der Waals surface area contributed by atoms with Crippen LogP contribution in [-0.2, 0) is 41.5 Å². The minimum atomic E-state index is -3.01. The Bertz CT molecular complexity index is 5470. The molecule has 0 saturated carbocycles. The van der Waals surface area contributed by atoms with Crippen molar-refractivity contribution in [3.8, 4) is 63.1 Å². The lowest BCUT2D eigenvalue weighted by Gasteiger charge is -2.15. The molecule has 34 heteroatoms. The number of aliphatic hydroxyl groups excluding tert-OH is 3. The molecular weight excluding hydrogens is 1520 g/mol. The van der Waals surface area contributed by atoms with Crippen LogP contribution in [0.25, 0.3) is 45.6 Å². The molecule has 0 bridgehead atoms. The van der Waals surface area contributed by atoms with E-state index in [1.54, 1.807) is 49.5 Å². The van der Waals surface area contributed by atoms with Gasteiger partial charge in [-0.15, -0.1) is 11.6 Å². The monoisotopic (exact) mass is 1640 g/mol. The van der Waals surface area contributed by atoms with E-state index < -0.39 is 145 Å². The molecule has 0 aliphatic rings. The van der Waals surface area contributed by atoms with Crippen molar-refractivity contribution < 1.29 is 99.9 Å². The minimum absolute atomic E-state index is 0. The lowest BCUT2D eigenvalue weighted by molar-refractivity contribution is 0.111. The Balaban J connectivity index is 0.000000556. The number of carbonyl (C=O) groups is 1. The van der Waals surface area contributed by atoms with E-state index >= 15 is 0 Å². The Labute approximate surface area is 684 Å². The molecule has 0 fully saturated rings. The molecule has 0 aliphatic carbocycles. The molecule has 0 unspecified atom stereocenters. The number of phenolic OH excluding ortho intramolecular Hbond substituents is 1. The SMILES string of the molecule is C.CC#N.O=S(Cl)Cl.OCc1cccnc1Br.[2H]C([2H])([2H])C(n1ncc(F)c1-c1ncccc1CCl)C([2H])([2H])[2H].[2H]C([2H])([2H])C(n1ncc(F)c1-c1ncccc1CO)C([2H])([2H])[2H].[2H]C([2H])([2H])C(n1ncc(F)c1-c1ncccc1COc1cccc(O)c1C=O)C([2H])([2H])[2H].[2H]C([2H])([2H])C(n1nccc1-c1ncccc1CO)C([2H])([2H])[2H].[2H]C([2H])([2H])C(n1nccc1B(O)O)C([2H])([2H])[2H].[2H]CC. The van der Waals surface area contributed by atoms with Gasteiger partial charge in [-0.05, 0) is 145 Å². The van der Waals surface area contributed by atoms with E-state index in [4.69, 9.17) is 83.5 Å². The highest BCUT2D eigenvalue weighted by atomic mass is 79.9. The number of aldehydes is 1. The number of aromatic nitrogens is 15. The number of phenols is 1. The fourth-order valence-electron chi connectivity index (χ4n) is 8.30. The number of nitrogens with zero attached hydrogens (tertiary/aromatic N) is 16. The number of hydrogen-bond donors (Lipinski definition) is 6. The maximum atomic E-state index is 14.7. The van der Waals surface area contributed by atoms with Gasteiger partial charge in [-0.1, -0.05) is 57.6 Å². The second kappa shape index (κ2) is 48.9. The Morgan fingerprint density at radius 1 is 0.575 bits per heavy atom. The molecule has 570 valence electrons. The first-order valence-electron chi connectivity index (χ1n) is 45.0. The van der Waals surface area contributed by atoms with Gasteiger partial charge in [0.2, 0.25) is 9.23 Å². The van der Waals surface area contributed by atoms with Crippen LogP contribution in [0.1, 0.15) is 208 Å². The molecule has 11 rings (SSSR count). The van der Waals surface area contributed by atoms with Crippen LogP contribution in [-0.4, -0.2) is 122 Å². The number of carbonyl (C=O) groups excluding carboxylic acids is 1. The second-order valence-electron chi connectivity index (χ2n) is 19.2. The molecule has 10 aromatic heterocycles. The number of pyridine rings is 5. The molecule has 11 aromatic rings. The fraction of sp³-hybridized carbons (Fsp3) is 0.333. The van der Waals surface area contributed by atoms with Gasteiger partial charge in [-0.25, -0.2) is 22.4 Å². The standard InChI is InChI=1S/C19H18FN3O3.C12H13ClFN3.C12H14FN3O.C12H15N3O.C6H11BN2O2.C6H6BrNO.C2H3N.C2H6.CH4.Cl2OS/c1-12(2)23-19(15(20)9-22-23)18-13(5-4-8-21-18)11-26-17-7-3-6-16(25)14(17)10-24;1-8(2)17-12(10(14)7-16-17)11-9(6-13)4-3-5-15-11;1-8(2)16-12(10(13)6-15-16)11-9(7-17)4-3-5-14-11;1-9(2)15-11(5-7-14-15)12-10(8-16)4-3-6-13-12;1-5(2)9-6(7(10)11)3-4-8-9;7-6-5(4-9)2-1-3-8-6;1-2-3;1-2;;1-4(2)3/h3-10,12,25H,11H2,1-2H3;3-5,7-8H,6H2,1-2H3;3-6,8,17H,7H2,1-2H3;3-7,9,16H,8H2,1-2H3;3-5,10-11H,1-2H3;1-3,9H,4H2;1H3;1-2H3;1H4;/i5*1D3,2D3;;;1D;;. The number of ether oxygens (including phenoxy) is 1. The van der Waals surface area contributed by atoms with E-state index in [1.807, 2.05) is 6.07 Å². The first kappa shape index (κ1) is 53.7. The molecule has 25 nitrogen and oxygen atoms in total. The molecule has 0 radical (unpaired) electrons. The predicted molar refractivity (Wildman–Crippen MR) is 412 cm³/mol. The van der Waals surface area contributed by atoms with Gasteiger partial charge in [0.1, 0.15) is 39.8 Å². The van der Waals surface area contributed by atoms with Crippen molar-refractivity contribution in [2.24, 2.45) is 0 Å². The van der Waals surface area contributed by atoms with Gasteiger partial charge in [-0.2, -0.15) is 30.8 Å². The van der Waals surface area contributed by atoms with Crippen molar-refractivity contribution in [3.63, 3.8) is 0 Å². The normalized spacial score (nSPS) is 15.8. The topological polar surface area (TPSA) is 342 Å². The average Bonchev–Trinajstić information content (AvgIpc) is 1.74. The van der Waals surface area contributed by atoms with Crippen LogP contribution in [0.4, 0.5) is 13.2 Å². The van der Waals surface area contributed by atoms with Crippen molar-refractivity contribution in [1.29, 1.82) is 5.26 Å². The predicted octanol–water partition coefficient (Wildman–Crippen LogP) is 15.1. The Morgan fingerprint density at radius 2 is 0.943 bits per heavy atom. The Kier molecular flexibility index (Phi) is 24.8. The van der Waals surface area contributed by atoms with E-state index in [2.05, 4.69) is 87.7 Å². The third-order valence-corrected chi connectivity index (χ3v) is 13.6. The summed E-state index contributed by atoms with van der Waals surface area (Å²) in [5.74, 6) is -2.97. The first-order valence-corrected chi connectivity index (χ1v) is 33.4. The molecule has 106 heavy (non-hydrogen) atoms. The van der Waals surface area contributed by atoms with E-state index in [0.29, 0.717) is 53.3 Å². The Morgan fingerprint density at radius 3 is 1.36 bits per heavy atom. The van der Waals surface area contributed by atoms with Crippen LogP contribution in [0.5, 0.6) is 11.5 Å². The summed E-state index contributed by atoms with van der Waals surface area (Å²) >= 11 is 8.98. The lowest BCUT2D eigenvalue weighted by atomic mass is 9.86.